The van der Waals surface area contributed by atoms with Crippen molar-refractivity contribution in [3.8, 4) is 0 Å². The zero-order valence-corrected chi connectivity index (χ0v) is 10.5. The molecule has 0 aromatic heterocycles. The van der Waals surface area contributed by atoms with Gasteiger partial charge < -0.3 is 5.11 Å². The molecule has 1 saturated carbocycles. The van der Waals surface area contributed by atoms with Crippen LogP contribution in [0.15, 0.2) is 28.7 Å². The molecule has 1 aromatic carbocycles. The van der Waals surface area contributed by atoms with Crippen LogP contribution < -0.4 is 0 Å². The third-order valence-corrected chi connectivity index (χ3v) is 3.70. The maximum absolute atomic E-state index is 10.4. The molecule has 2 rings (SSSR count). The van der Waals surface area contributed by atoms with Gasteiger partial charge in [0.15, 0.2) is 0 Å². The second-order valence-electron chi connectivity index (χ2n) is 4.59. The van der Waals surface area contributed by atoms with Crippen LogP contribution in [0.5, 0.6) is 0 Å². The first-order chi connectivity index (χ1) is 7.18. The molecule has 1 N–H and O–H groups in total. The minimum absolute atomic E-state index is 0.445. The van der Waals surface area contributed by atoms with Gasteiger partial charge in [0.25, 0.3) is 0 Å². The van der Waals surface area contributed by atoms with Gasteiger partial charge in [-0.25, -0.2) is 0 Å². The molecule has 0 atom stereocenters. The van der Waals surface area contributed by atoms with Gasteiger partial charge in [-0.2, -0.15) is 0 Å². The maximum atomic E-state index is 10.4. The van der Waals surface area contributed by atoms with Crippen molar-refractivity contribution in [1.82, 2.24) is 0 Å². The fourth-order valence-electron chi connectivity index (χ4n) is 2.41. The maximum Gasteiger partial charge on any atom is 0.0688 e. The smallest absolute Gasteiger partial charge is 0.0688 e. The van der Waals surface area contributed by atoms with Crippen LogP contribution in [-0.4, -0.2) is 10.7 Å². The average Bonchev–Trinajstić information content (AvgIpc) is 2.18. The third-order valence-electron chi connectivity index (χ3n) is 3.21. The molecule has 1 aromatic rings. The van der Waals surface area contributed by atoms with Crippen molar-refractivity contribution in [1.29, 1.82) is 0 Å². The Balaban J connectivity index is 2.06. The Bertz CT molecular complexity index is 329. The van der Waals surface area contributed by atoms with Gasteiger partial charge in [-0.3, -0.25) is 0 Å². The van der Waals surface area contributed by atoms with Crippen molar-refractivity contribution in [3.05, 3.63) is 34.3 Å². The lowest BCUT2D eigenvalue weighted by molar-refractivity contribution is 0.00448. The Morgan fingerprint density at radius 2 is 1.93 bits per heavy atom. The number of hydrogen-bond donors (Lipinski definition) is 1. The minimum atomic E-state index is -0.445. The van der Waals surface area contributed by atoms with E-state index in [0.717, 1.165) is 23.7 Å². The van der Waals surface area contributed by atoms with Gasteiger partial charge in [0.2, 0.25) is 0 Å². The Labute approximate surface area is 99.6 Å². The SMILES string of the molecule is OC1(Cc2cccc(Br)c2)CCCCC1. The van der Waals surface area contributed by atoms with Crippen molar-refractivity contribution in [2.24, 2.45) is 0 Å². The van der Waals surface area contributed by atoms with E-state index in [1.165, 1.54) is 24.8 Å². The van der Waals surface area contributed by atoms with Crippen molar-refractivity contribution < 1.29 is 5.11 Å². The molecular weight excluding hydrogens is 252 g/mol. The summed E-state index contributed by atoms with van der Waals surface area (Å²) in [5.41, 5.74) is 0.785. The molecule has 1 aliphatic rings. The van der Waals surface area contributed by atoms with E-state index in [1.807, 2.05) is 12.1 Å². The van der Waals surface area contributed by atoms with E-state index < -0.39 is 5.60 Å². The van der Waals surface area contributed by atoms with Gasteiger partial charge in [-0.1, -0.05) is 47.3 Å². The molecule has 0 radical (unpaired) electrons. The number of benzene rings is 1. The molecule has 0 spiro atoms. The van der Waals surface area contributed by atoms with E-state index in [4.69, 9.17) is 0 Å². The summed E-state index contributed by atoms with van der Waals surface area (Å²) in [6.45, 7) is 0. The Kier molecular flexibility index (Phi) is 3.47. The fourth-order valence-corrected chi connectivity index (χ4v) is 2.86. The first-order valence-electron chi connectivity index (χ1n) is 5.65. The molecule has 0 saturated heterocycles. The molecule has 2 heteroatoms. The summed E-state index contributed by atoms with van der Waals surface area (Å²) in [6.07, 6.45) is 6.33. The van der Waals surface area contributed by atoms with Crippen molar-refractivity contribution in [3.63, 3.8) is 0 Å². The van der Waals surface area contributed by atoms with E-state index in [0.29, 0.717) is 0 Å². The van der Waals surface area contributed by atoms with Crippen LogP contribution in [0.2, 0.25) is 0 Å². The summed E-state index contributed by atoms with van der Waals surface area (Å²) in [5, 5.41) is 10.4. The summed E-state index contributed by atoms with van der Waals surface area (Å²) in [6, 6.07) is 8.25. The van der Waals surface area contributed by atoms with Crippen LogP contribution >= 0.6 is 15.9 Å². The standard InChI is InChI=1S/C13H17BrO/c14-12-6-4-5-11(9-12)10-13(15)7-2-1-3-8-13/h4-6,9,15H,1-3,7-8,10H2. The summed E-state index contributed by atoms with van der Waals surface area (Å²) in [5.74, 6) is 0. The van der Waals surface area contributed by atoms with E-state index in [9.17, 15) is 5.11 Å². The van der Waals surface area contributed by atoms with Crippen LogP contribution in [0.25, 0.3) is 0 Å². The number of halogens is 1. The summed E-state index contributed by atoms with van der Waals surface area (Å²) in [4.78, 5) is 0. The van der Waals surface area contributed by atoms with E-state index in [1.54, 1.807) is 0 Å². The van der Waals surface area contributed by atoms with E-state index in [-0.39, 0.29) is 0 Å². The number of hydrogen-bond acceptors (Lipinski definition) is 1. The van der Waals surface area contributed by atoms with Crippen LogP contribution in [0.4, 0.5) is 0 Å². The Morgan fingerprint density at radius 3 is 2.60 bits per heavy atom. The van der Waals surface area contributed by atoms with E-state index in [2.05, 4.69) is 28.1 Å². The van der Waals surface area contributed by atoms with Crippen molar-refractivity contribution in [2.45, 2.75) is 44.1 Å². The van der Waals surface area contributed by atoms with Crippen molar-refractivity contribution in [2.75, 3.05) is 0 Å². The summed E-state index contributed by atoms with van der Waals surface area (Å²) in [7, 11) is 0. The van der Waals surface area contributed by atoms with Gasteiger partial charge in [0.05, 0.1) is 5.60 Å². The molecule has 1 nitrogen and oxygen atoms in total. The average molecular weight is 269 g/mol. The molecule has 0 aliphatic heterocycles. The highest BCUT2D eigenvalue weighted by atomic mass is 79.9. The van der Waals surface area contributed by atoms with E-state index >= 15 is 0 Å². The fraction of sp³-hybridized carbons (Fsp3) is 0.538. The van der Waals surface area contributed by atoms with Crippen LogP contribution in [-0.2, 0) is 6.42 Å². The van der Waals surface area contributed by atoms with Crippen LogP contribution in [0.1, 0.15) is 37.7 Å². The molecule has 0 unspecified atom stereocenters. The third kappa shape index (κ3) is 3.05. The van der Waals surface area contributed by atoms with Gasteiger partial charge in [-0.05, 0) is 30.5 Å². The van der Waals surface area contributed by atoms with Gasteiger partial charge in [-0.15, -0.1) is 0 Å². The molecule has 1 aliphatic carbocycles. The predicted octanol–water partition coefficient (Wildman–Crippen LogP) is 3.69. The normalized spacial score (nSPS) is 20.1. The lowest BCUT2D eigenvalue weighted by Gasteiger charge is -2.32. The van der Waals surface area contributed by atoms with Gasteiger partial charge in [0.1, 0.15) is 0 Å². The highest BCUT2D eigenvalue weighted by Crippen LogP contribution is 2.31. The molecule has 1 fully saturated rings. The second kappa shape index (κ2) is 4.67. The largest absolute Gasteiger partial charge is 0.390 e. The van der Waals surface area contributed by atoms with Crippen LogP contribution in [0, 0.1) is 0 Å². The summed E-state index contributed by atoms with van der Waals surface area (Å²) < 4.78 is 1.10. The summed E-state index contributed by atoms with van der Waals surface area (Å²) >= 11 is 3.46. The molecular formula is C13H17BrO. The number of aliphatic hydroxyl groups is 1. The Hall–Kier alpha value is -0.340. The highest BCUT2D eigenvalue weighted by Gasteiger charge is 2.29. The zero-order chi connectivity index (χ0) is 10.7. The highest BCUT2D eigenvalue weighted by molar-refractivity contribution is 9.10. The molecule has 15 heavy (non-hydrogen) atoms. The first-order valence-corrected chi connectivity index (χ1v) is 6.44. The van der Waals surface area contributed by atoms with Gasteiger partial charge in [0, 0.05) is 10.9 Å². The number of rotatable bonds is 2. The first kappa shape index (κ1) is 11.2. The van der Waals surface area contributed by atoms with Gasteiger partial charge >= 0.3 is 0 Å². The zero-order valence-electron chi connectivity index (χ0n) is 8.88. The molecule has 0 amide bonds. The molecule has 82 valence electrons. The molecule has 0 bridgehead atoms. The lowest BCUT2D eigenvalue weighted by Crippen LogP contribution is -2.33. The van der Waals surface area contributed by atoms with Crippen molar-refractivity contribution >= 4 is 15.9 Å². The second-order valence-corrected chi connectivity index (χ2v) is 5.51. The Morgan fingerprint density at radius 1 is 1.20 bits per heavy atom. The quantitative estimate of drug-likeness (QED) is 0.868. The monoisotopic (exact) mass is 268 g/mol. The topological polar surface area (TPSA) is 20.2 Å². The van der Waals surface area contributed by atoms with Crippen LogP contribution in [0.3, 0.4) is 0 Å². The minimum Gasteiger partial charge on any atom is -0.390 e. The molecule has 0 heterocycles. The predicted molar refractivity (Wildman–Crippen MR) is 65.9 cm³/mol. The lowest BCUT2D eigenvalue weighted by atomic mass is 9.80.